The van der Waals surface area contributed by atoms with Crippen LogP contribution in [0.2, 0.25) is 0 Å². The summed E-state index contributed by atoms with van der Waals surface area (Å²) in [5.74, 6) is 0. The van der Waals surface area contributed by atoms with Gasteiger partial charge in [-0.25, -0.2) is 0 Å². The van der Waals surface area contributed by atoms with Gasteiger partial charge in [0.15, 0.2) is 0 Å². The smallest absolute Gasteiger partial charge is 0.0628 e. The van der Waals surface area contributed by atoms with Crippen LogP contribution in [0.3, 0.4) is 0 Å². The van der Waals surface area contributed by atoms with E-state index in [1.165, 1.54) is 0 Å². The van der Waals surface area contributed by atoms with Crippen molar-refractivity contribution in [3.05, 3.63) is 34.3 Å². The molecule has 1 aromatic rings. The molecule has 3 nitrogen and oxygen atoms in total. The molecule has 1 atom stereocenters. The van der Waals surface area contributed by atoms with Crippen LogP contribution in [-0.4, -0.2) is 41.9 Å². The predicted molar refractivity (Wildman–Crippen MR) is 77.5 cm³/mol. The standard InChI is InChI=1S/C14H22BrNO2/c1-16(8-3-2-4-9-17)14(11-18)12-6-5-7-13(15)10-12/h5-7,10,14,17-18H,2-4,8-9,11H2,1H3. The Hall–Kier alpha value is -0.420. The van der Waals surface area contributed by atoms with Crippen molar-refractivity contribution in [3.8, 4) is 0 Å². The number of unbranched alkanes of at least 4 members (excludes halogenated alkanes) is 2. The fourth-order valence-electron chi connectivity index (χ4n) is 2.02. The largest absolute Gasteiger partial charge is 0.396 e. The number of aliphatic hydroxyl groups excluding tert-OH is 2. The number of nitrogens with zero attached hydrogens (tertiary/aromatic N) is 1. The third-order valence-corrected chi connectivity index (χ3v) is 3.60. The Bertz CT molecular complexity index is 346. The van der Waals surface area contributed by atoms with Gasteiger partial charge in [-0.1, -0.05) is 28.1 Å². The van der Waals surface area contributed by atoms with Crippen LogP contribution in [0.1, 0.15) is 30.9 Å². The molecule has 2 N–H and O–H groups in total. The van der Waals surface area contributed by atoms with Gasteiger partial charge in [0.05, 0.1) is 12.6 Å². The van der Waals surface area contributed by atoms with Crippen molar-refractivity contribution in [3.63, 3.8) is 0 Å². The van der Waals surface area contributed by atoms with E-state index in [4.69, 9.17) is 5.11 Å². The molecule has 0 aromatic heterocycles. The molecule has 1 rings (SSSR count). The monoisotopic (exact) mass is 315 g/mol. The van der Waals surface area contributed by atoms with E-state index in [1.54, 1.807) is 0 Å². The first-order valence-electron chi connectivity index (χ1n) is 6.36. The maximum Gasteiger partial charge on any atom is 0.0628 e. The SMILES string of the molecule is CN(CCCCCO)C(CO)c1cccc(Br)c1. The van der Waals surface area contributed by atoms with Crippen LogP contribution in [0.25, 0.3) is 0 Å². The lowest BCUT2D eigenvalue weighted by Crippen LogP contribution is -2.28. The number of rotatable bonds is 8. The second-order valence-corrected chi connectivity index (χ2v) is 5.43. The molecule has 1 unspecified atom stereocenters. The average molecular weight is 316 g/mol. The van der Waals surface area contributed by atoms with Crippen molar-refractivity contribution in [1.82, 2.24) is 4.90 Å². The lowest BCUT2D eigenvalue weighted by Gasteiger charge is -2.27. The molecule has 0 saturated heterocycles. The Morgan fingerprint density at radius 3 is 2.61 bits per heavy atom. The zero-order chi connectivity index (χ0) is 13.4. The summed E-state index contributed by atoms with van der Waals surface area (Å²) in [4.78, 5) is 2.17. The molecule has 0 radical (unpaired) electrons. The molecule has 0 bridgehead atoms. The highest BCUT2D eigenvalue weighted by atomic mass is 79.9. The topological polar surface area (TPSA) is 43.7 Å². The molecule has 0 aliphatic carbocycles. The van der Waals surface area contributed by atoms with E-state index < -0.39 is 0 Å². The molecule has 0 fully saturated rings. The van der Waals surface area contributed by atoms with Gasteiger partial charge < -0.3 is 10.2 Å². The van der Waals surface area contributed by atoms with E-state index >= 15 is 0 Å². The van der Waals surface area contributed by atoms with Crippen molar-refractivity contribution >= 4 is 15.9 Å². The summed E-state index contributed by atoms with van der Waals surface area (Å²) in [6.45, 7) is 1.31. The minimum absolute atomic E-state index is 0.0385. The first-order valence-corrected chi connectivity index (χ1v) is 7.15. The third kappa shape index (κ3) is 5.06. The Kier molecular flexibility index (Phi) is 7.51. The van der Waals surface area contributed by atoms with Crippen LogP contribution in [0, 0.1) is 0 Å². The van der Waals surface area contributed by atoms with E-state index in [9.17, 15) is 5.11 Å². The minimum Gasteiger partial charge on any atom is -0.396 e. The summed E-state index contributed by atoms with van der Waals surface area (Å²) < 4.78 is 1.03. The number of hydrogen-bond donors (Lipinski definition) is 2. The first-order chi connectivity index (χ1) is 8.69. The molecular formula is C14H22BrNO2. The molecule has 1 aromatic carbocycles. The zero-order valence-electron chi connectivity index (χ0n) is 10.8. The molecule has 18 heavy (non-hydrogen) atoms. The van der Waals surface area contributed by atoms with Crippen LogP contribution in [0.5, 0.6) is 0 Å². The number of likely N-dealkylation sites (N-methyl/N-ethyl adjacent to an activating group) is 1. The highest BCUT2D eigenvalue weighted by Crippen LogP contribution is 2.22. The zero-order valence-corrected chi connectivity index (χ0v) is 12.4. The van der Waals surface area contributed by atoms with Gasteiger partial charge in [0.25, 0.3) is 0 Å². The quantitative estimate of drug-likeness (QED) is 0.725. The number of hydrogen-bond acceptors (Lipinski definition) is 3. The first kappa shape index (κ1) is 15.6. The Balaban J connectivity index is 2.54. The Morgan fingerprint density at radius 2 is 2.00 bits per heavy atom. The van der Waals surface area contributed by atoms with Crippen molar-refractivity contribution in [1.29, 1.82) is 0 Å². The van der Waals surface area contributed by atoms with Gasteiger partial charge in [-0.3, -0.25) is 4.90 Å². The second kappa shape index (κ2) is 8.64. The molecule has 0 spiro atoms. The summed E-state index contributed by atoms with van der Waals surface area (Å²) >= 11 is 3.45. The van der Waals surface area contributed by atoms with Crippen molar-refractivity contribution in [2.75, 3.05) is 26.8 Å². The Labute approximate surface area is 118 Å². The van der Waals surface area contributed by atoms with E-state index in [-0.39, 0.29) is 19.3 Å². The van der Waals surface area contributed by atoms with Crippen LogP contribution < -0.4 is 0 Å². The second-order valence-electron chi connectivity index (χ2n) is 4.52. The fourth-order valence-corrected chi connectivity index (χ4v) is 2.44. The van der Waals surface area contributed by atoms with E-state index in [1.807, 2.05) is 31.3 Å². The number of halogens is 1. The van der Waals surface area contributed by atoms with Crippen molar-refractivity contribution in [2.45, 2.75) is 25.3 Å². The van der Waals surface area contributed by atoms with Crippen LogP contribution in [0.15, 0.2) is 28.7 Å². The predicted octanol–water partition coefficient (Wildman–Crippen LogP) is 2.58. The fraction of sp³-hybridized carbons (Fsp3) is 0.571. The Morgan fingerprint density at radius 1 is 1.22 bits per heavy atom. The number of aliphatic hydroxyl groups is 2. The molecule has 0 saturated carbocycles. The average Bonchev–Trinajstić information content (AvgIpc) is 2.36. The lowest BCUT2D eigenvalue weighted by molar-refractivity contribution is 0.145. The highest BCUT2D eigenvalue weighted by Gasteiger charge is 2.15. The van der Waals surface area contributed by atoms with E-state index in [0.29, 0.717) is 0 Å². The molecule has 0 amide bonds. The van der Waals surface area contributed by atoms with Crippen molar-refractivity contribution < 1.29 is 10.2 Å². The molecular weight excluding hydrogens is 294 g/mol. The molecule has 102 valence electrons. The molecule has 0 aliphatic rings. The summed E-state index contributed by atoms with van der Waals surface area (Å²) in [5, 5.41) is 18.3. The lowest BCUT2D eigenvalue weighted by atomic mass is 10.1. The third-order valence-electron chi connectivity index (χ3n) is 3.11. The summed E-state index contributed by atoms with van der Waals surface area (Å²) in [6, 6.07) is 8.10. The van der Waals surface area contributed by atoms with Gasteiger partial charge in [0.2, 0.25) is 0 Å². The maximum atomic E-state index is 9.55. The highest BCUT2D eigenvalue weighted by molar-refractivity contribution is 9.10. The van der Waals surface area contributed by atoms with E-state index in [0.717, 1.165) is 35.8 Å². The van der Waals surface area contributed by atoms with Gasteiger partial charge in [-0.2, -0.15) is 0 Å². The van der Waals surface area contributed by atoms with Gasteiger partial charge >= 0.3 is 0 Å². The molecule has 0 aliphatic heterocycles. The van der Waals surface area contributed by atoms with Gasteiger partial charge in [-0.05, 0) is 50.6 Å². The summed E-state index contributed by atoms with van der Waals surface area (Å²) in [7, 11) is 2.03. The van der Waals surface area contributed by atoms with Crippen LogP contribution in [-0.2, 0) is 0 Å². The maximum absolute atomic E-state index is 9.55. The van der Waals surface area contributed by atoms with Crippen LogP contribution >= 0.6 is 15.9 Å². The van der Waals surface area contributed by atoms with E-state index in [2.05, 4.69) is 20.8 Å². The van der Waals surface area contributed by atoms with Gasteiger partial charge in [0, 0.05) is 11.1 Å². The van der Waals surface area contributed by atoms with Gasteiger partial charge in [0.1, 0.15) is 0 Å². The summed E-state index contributed by atoms with van der Waals surface area (Å²) in [5.41, 5.74) is 1.12. The van der Waals surface area contributed by atoms with Gasteiger partial charge in [-0.15, -0.1) is 0 Å². The number of benzene rings is 1. The molecule has 0 heterocycles. The molecule has 4 heteroatoms. The normalized spacial score (nSPS) is 12.9. The van der Waals surface area contributed by atoms with Crippen LogP contribution in [0.4, 0.5) is 0 Å². The minimum atomic E-state index is 0.0385. The van der Waals surface area contributed by atoms with Crippen molar-refractivity contribution in [2.24, 2.45) is 0 Å². The summed E-state index contributed by atoms with van der Waals surface area (Å²) in [6.07, 6.45) is 2.92.